The van der Waals surface area contributed by atoms with Crippen LogP contribution in [0, 0.1) is 12.8 Å². The van der Waals surface area contributed by atoms with Crippen LogP contribution in [0.15, 0.2) is 22.7 Å². The SMILES string of the molecule is Cc1cc(OCC(C(=O)O)C(F)(F)F)ccc1Br. The van der Waals surface area contributed by atoms with E-state index in [0.29, 0.717) is 0 Å². The summed E-state index contributed by atoms with van der Waals surface area (Å²) in [4.78, 5) is 10.5. The number of benzene rings is 1. The Morgan fingerprint density at radius 1 is 1.50 bits per heavy atom. The molecule has 1 atom stereocenters. The van der Waals surface area contributed by atoms with Gasteiger partial charge in [0.15, 0.2) is 5.92 Å². The molecule has 0 saturated carbocycles. The first-order valence-electron chi connectivity index (χ1n) is 4.90. The first-order chi connectivity index (χ1) is 8.21. The number of carboxylic acids is 1. The summed E-state index contributed by atoms with van der Waals surface area (Å²) in [6, 6.07) is 4.61. The fourth-order valence-corrected chi connectivity index (χ4v) is 1.44. The molecule has 0 amide bonds. The smallest absolute Gasteiger partial charge is 0.405 e. The molecule has 0 aliphatic carbocycles. The number of rotatable bonds is 4. The Kier molecular flexibility index (Phi) is 4.61. The van der Waals surface area contributed by atoms with E-state index in [9.17, 15) is 18.0 Å². The molecule has 0 radical (unpaired) electrons. The monoisotopic (exact) mass is 326 g/mol. The Hall–Kier alpha value is -1.24. The molecule has 0 spiro atoms. The van der Waals surface area contributed by atoms with E-state index in [-0.39, 0.29) is 5.75 Å². The zero-order valence-electron chi connectivity index (χ0n) is 9.29. The highest BCUT2D eigenvalue weighted by atomic mass is 79.9. The van der Waals surface area contributed by atoms with E-state index in [1.165, 1.54) is 12.1 Å². The summed E-state index contributed by atoms with van der Waals surface area (Å²) in [5.41, 5.74) is 0.784. The van der Waals surface area contributed by atoms with Gasteiger partial charge in [-0.3, -0.25) is 4.79 Å². The number of aliphatic carboxylic acids is 1. The second-order valence-corrected chi connectivity index (χ2v) is 4.51. The molecule has 1 aromatic carbocycles. The second kappa shape index (κ2) is 5.60. The molecule has 0 aromatic heterocycles. The zero-order valence-corrected chi connectivity index (χ0v) is 10.9. The van der Waals surface area contributed by atoms with E-state index in [2.05, 4.69) is 15.9 Å². The quantitative estimate of drug-likeness (QED) is 0.922. The van der Waals surface area contributed by atoms with Crippen LogP contribution in [0.5, 0.6) is 5.75 Å². The second-order valence-electron chi connectivity index (χ2n) is 3.65. The maximum Gasteiger partial charge on any atom is 0.405 e. The van der Waals surface area contributed by atoms with Crippen LogP contribution in [0.25, 0.3) is 0 Å². The summed E-state index contributed by atoms with van der Waals surface area (Å²) in [5.74, 6) is -4.27. The number of ether oxygens (including phenoxy) is 1. The highest BCUT2D eigenvalue weighted by Gasteiger charge is 2.45. The number of aryl methyl sites for hydroxylation is 1. The lowest BCUT2D eigenvalue weighted by Crippen LogP contribution is -2.35. The first kappa shape index (κ1) is 14.8. The number of alkyl halides is 3. The van der Waals surface area contributed by atoms with Gasteiger partial charge in [-0.05, 0) is 30.7 Å². The van der Waals surface area contributed by atoms with Gasteiger partial charge in [-0.15, -0.1) is 0 Å². The zero-order chi connectivity index (χ0) is 13.9. The molecule has 18 heavy (non-hydrogen) atoms. The minimum atomic E-state index is -4.82. The van der Waals surface area contributed by atoms with Gasteiger partial charge < -0.3 is 9.84 Å². The van der Waals surface area contributed by atoms with E-state index in [1.807, 2.05) is 0 Å². The molecule has 3 nitrogen and oxygen atoms in total. The van der Waals surface area contributed by atoms with Gasteiger partial charge in [-0.25, -0.2) is 0 Å². The van der Waals surface area contributed by atoms with Crippen LogP contribution >= 0.6 is 15.9 Å². The molecule has 7 heteroatoms. The lowest BCUT2D eigenvalue weighted by molar-refractivity contribution is -0.198. The van der Waals surface area contributed by atoms with Gasteiger partial charge in [0.05, 0.1) is 0 Å². The predicted octanol–water partition coefficient (Wildman–Crippen LogP) is 3.40. The Morgan fingerprint density at radius 3 is 2.56 bits per heavy atom. The molecule has 0 bridgehead atoms. The summed E-state index contributed by atoms with van der Waals surface area (Å²) >= 11 is 3.23. The lowest BCUT2D eigenvalue weighted by atomic mass is 10.1. The molecular weight excluding hydrogens is 317 g/mol. The Labute approximate surface area is 110 Å². The van der Waals surface area contributed by atoms with E-state index < -0.39 is 24.7 Å². The van der Waals surface area contributed by atoms with Crippen LogP contribution < -0.4 is 4.74 Å². The fraction of sp³-hybridized carbons (Fsp3) is 0.364. The highest BCUT2D eigenvalue weighted by molar-refractivity contribution is 9.10. The molecule has 0 aliphatic rings. The molecule has 100 valence electrons. The fourth-order valence-electron chi connectivity index (χ4n) is 1.19. The standard InChI is InChI=1S/C11H10BrF3O3/c1-6-4-7(2-3-9(6)12)18-5-8(10(16)17)11(13,14)15/h2-4,8H,5H2,1H3,(H,16,17). The third-order valence-electron chi connectivity index (χ3n) is 2.24. The van der Waals surface area contributed by atoms with Gasteiger partial charge in [-0.1, -0.05) is 15.9 Å². The molecule has 0 aliphatic heterocycles. The van der Waals surface area contributed by atoms with Crippen molar-refractivity contribution in [3.63, 3.8) is 0 Å². The first-order valence-corrected chi connectivity index (χ1v) is 5.69. The largest absolute Gasteiger partial charge is 0.492 e. The van der Waals surface area contributed by atoms with E-state index >= 15 is 0 Å². The van der Waals surface area contributed by atoms with Crippen molar-refractivity contribution in [3.05, 3.63) is 28.2 Å². The van der Waals surface area contributed by atoms with Gasteiger partial charge in [0.2, 0.25) is 0 Å². The van der Waals surface area contributed by atoms with Crippen molar-refractivity contribution >= 4 is 21.9 Å². The van der Waals surface area contributed by atoms with Crippen LogP contribution in [-0.2, 0) is 4.79 Å². The maximum absolute atomic E-state index is 12.3. The molecule has 1 unspecified atom stereocenters. The number of halogens is 4. The summed E-state index contributed by atoms with van der Waals surface area (Å²) in [6.45, 7) is 0.801. The van der Waals surface area contributed by atoms with Gasteiger partial charge in [-0.2, -0.15) is 13.2 Å². The average molecular weight is 327 g/mol. The van der Waals surface area contributed by atoms with Crippen LogP contribution in [0.2, 0.25) is 0 Å². The number of carboxylic acid groups (broad SMARTS) is 1. The van der Waals surface area contributed by atoms with Crippen LogP contribution in [-0.4, -0.2) is 23.9 Å². The third-order valence-corrected chi connectivity index (χ3v) is 3.13. The van der Waals surface area contributed by atoms with Gasteiger partial charge in [0.1, 0.15) is 12.4 Å². The van der Waals surface area contributed by atoms with Crippen LogP contribution in [0.1, 0.15) is 5.56 Å². The minimum absolute atomic E-state index is 0.200. The Morgan fingerprint density at radius 2 is 2.11 bits per heavy atom. The molecule has 0 fully saturated rings. The molecule has 0 saturated heterocycles. The Bertz CT molecular complexity index is 446. The van der Waals surface area contributed by atoms with Crippen molar-refractivity contribution in [2.24, 2.45) is 5.92 Å². The minimum Gasteiger partial charge on any atom is -0.492 e. The molecule has 0 heterocycles. The van der Waals surface area contributed by atoms with Crippen molar-refractivity contribution in [1.82, 2.24) is 0 Å². The van der Waals surface area contributed by atoms with Gasteiger partial charge in [0.25, 0.3) is 0 Å². The number of hydrogen-bond acceptors (Lipinski definition) is 2. The normalized spacial score (nSPS) is 13.2. The number of carbonyl (C=O) groups is 1. The van der Waals surface area contributed by atoms with Crippen molar-refractivity contribution in [3.8, 4) is 5.75 Å². The lowest BCUT2D eigenvalue weighted by Gasteiger charge is -2.17. The molecule has 1 N–H and O–H groups in total. The summed E-state index contributed by atoms with van der Waals surface area (Å²) < 4.78 is 42.7. The van der Waals surface area contributed by atoms with E-state index in [1.54, 1.807) is 13.0 Å². The number of hydrogen-bond donors (Lipinski definition) is 1. The van der Waals surface area contributed by atoms with E-state index in [4.69, 9.17) is 9.84 Å². The molecular formula is C11H10BrF3O3. The van der Waals surface area contributed by atoms with E-state index in [0.717, 1.165) is 10.0 Å². The molecule has 1 aromatic rings. The summed E-state index contributed by atoms with van der Waals surface area (Å²) in [7, 11) is 0. The summed E-state index contributed by atoms with van der Waals surface area (Å²) in [6.07, 6.45) is -4.82. The van der Waals surface area contributed by atoms with Gasteiger partial charge in [0, 0.05) is 4.47 Å². The molecule has 1 rings (SSSR count). The highest BCUT2D eigenvalue weighted by Crippen LogP contribution is 2.28. The summed E-state index contributed by atoms with van der Waals surface area (Å²) in [5, 5.41) is 8.48. The van der Waals surface area contributed by atoms with Gasteiger partial charge >= 0.3 is 12.1 Å². The van der Waals surface area contributed by atoms with Crippen molar-refractivity contribution in [2.75, 3.05) is 6.61 Å². The van der Waals surface area contributed by atoms with Crippen molar-refractivity contribution in [2.45, 2.75) is 13.1 Å². The average Bonchev–Trinajstić information content (AvgIpc) is 2.21. The Balaban J connectivity index is 2.73. The van der Waals surface area contributed by atoms with Crippen LogP contribution in [0.3, 0.4) is 0 Å². The van der Waals surface area contributed by atoms with Crippen LogP contribution in [0.4, 0.5) is 13.2 Å². The van der Waals surface area contributed by atoms with Crippen molar-refractivity contribution in [1.29, 1.82) is 0 Å². The van der Waals surface area contributed by atoms with Crippen molar-refractivity contribution < 1.29 is 27.8 Å². The predicted molar refractivity (Wildman–Crippen MR) is 61.6 cm³/mol. The topological polar surface area (TPSA) is 46.5 Å². The maximum atomic E-state index is 12.3. The third kappa shape index (κ3) is 3.90.